The predicted octanol–water partition coefficient (Wildman–Crippen LogP) is 1.17. The molecule has 0 amide bonds. The van der Waals surface area contributed by atoms with Gasteiger partial charge in [-0.3, -0.25) is 0 Å². The zero-order chi connectivity index (χ0) is 28.8. The van der Waals surface area contributed by atoms with Crippen molar-refractivity contribution in [2.75, 3.05) is 0 Å². The summed E-state index contributed by atoms with van der Waals surface area (Å²) in [7, 11) is 2.02. The first kappa shape index (κ1) is 32.6. The van der Waals surface area contributed by atoms with Crippen molar-refractivity contribution in [3.05, 3.63) is 161 Å². The van der Waals surface area contributed by atoms with Gasteiger partial charge in [-0.15, -0.1) is 0 Å². The standard InChI is InChI=1S/C39H33Si2.2ClH.Zr/c1-25-22-23-30(33(25)26-14-6-2-7-15-26)31-24-32-34(27-16-8-3-9-17-27)35(28-18-10-4-11-19-28)36(29-20-12-5-13-21-29)39(41)37(32)38(31)40;;;/h2-22,24H,23H2,1,40-41H3;2*1H;/q;;;+2/p-2. The number of hydrogen-bond acceptors (Lipinski definition) is 0. The molecular formula is C39H33Cl2Si2Zr. The molecule has 0 fully saturated rings. The molecule has 2 aliphatic carbocycles. The van der Waals surface area contributed by atoms with Crippen molar-refractivity contribution in [2.45, 2.75) is 17.0 Å². The Kier molecular flexibility index (Phi) is 10.1. The SMILES string of the molecule is CC1=CCC(C2=C([SiH3])c3c([SiH3])c(-c4ccccc4)c(-c4ccccc4)c(-c4ccccc4)c3[CH]2[Zr+2])=C1c1ccccc1.[Cl-].[Cl-]. The summed E-state index contributed by atoms with van der Waals surface area (Å²) in [5.74, 6) is 0. The first-order valence-electron chi connectivity index (χ1n) is 14.8. The molecule has 0 N–H and O–H groups in total. The fourth-order valence-corrected chi connectivity index (χ4v) is 12.6. The van der Waals surface area contributed by atoms with Gasteiger partial charge in [-0.1, -0.05) is 0 Å². The molecule has 2 aliphatic rings. The third kappa shape index (κ3) is 5.48. The number of rotatable bonds is 5. The third-order valence-corrected chi connectivity index (χ3v) is 12.5. The zero-order valence-electron chi connectivity index (χ0n) is 25.2. The smallest absolute Gasteiger partial charge is 1.00 e. The Hall–Kier alpha value is -2.78. The maximum absolute atomic E-state index is 2.45. The number of allylic oxidation sites excluding steroid dienone is 5. The largest absolute Gasteiger partial charge is 1.00 e. The fourth-order valence-electron chi connectivity index (χ4n) is 7.28. The molecule has 44 heavy (non-hydrogen) atoms. The Morgan fingerprint density at radius 1 is 0.568 bits per heavy atom. The minimum atomic E-state index is 0. The van der Waals surface area contributed by atoms with Gasteiger partial charge in [0.25, 0.3) is 0 Å². The topological polar surface area (TPSA) is 0 Å². The van der Waals surface area contributed by atoms with Gasteiger partial charge in [-0.05, 0) is 0 Å². The van der Waals surface area contributed by atoms with Gasteiger partial charge in [0.05, 0.1) is 0 Å². The van der Waals surface area contributed by atoms with Crippen LogP contribution in [0.3, 0.4) is 0 Å². The van der Waals surface area contributed by atoms with Gasteiger partial charge in [0.1, 0.15) is 0 Å². The molecule has 0 spiro atoms. The van der Waals surface area contributed by atoms with E-state index in [-0.39, 0.29) is 24.8 Å². The second kappa shape index (κ2) is 13.7. The molecule has 5 aromatic carbocycles. The summed E-state index contributed by atoms with van der Waals surface area (Å²) in [5, 5.41) is 3.18. The second-order valence-corrected chi connectivity index (χ2v) is 14.8. The van der Waals surface area contributed by atoms with Crippen LogP contribution in [0, 0.1) is 0 Å². The van der Waals surface area contributed by atoms with Crippen molar-refractivity contribution in [1.82, 2.24) is 0 Å². The molecule has 215 valence electrons. The van der Waals surface area contributed by atoms with Crippen molar-refractivity contribution in [3.8, 4) is 33.4 Å². The maximum atomic E-state index is 2.45. The van der Waals surface area contributed by atoms with Crippen LogP contribution in [0.1, 0.15) is 33.7 Å². The second-order valence-electron chi connectivity index (χ2n) is 11.4. The van der Waals surface area contributed by atoms with Crippen LogP contribution in [0.5, 0.6) is 0 Å². The van der Waals surface area contributed by atoms with Gasteiger partial charge in [-0.2, -0.15) is 0 Å². The monoisotopic (exact) mass is 717 g/mol. The van der Waals surface area contributed by atoms with E-state index in [1.54, 1.807) is 57.4 Å². The molecule has 1 unspecified atom stereocenters. The van der Waals surface area contributed by atoms with E-state index in [1.807, 2.05) is 0 Å². The van der Waals surface area contributed by atoms with E-state index in [2.05, 4.69) is 134 Å². The average Bonchev–Trinajstić information content (AvgIpc) is 3.54. The molecule has 7 rings (SSSR count). The Bertz CT molecular complexity index is 1910. The number of fused-ring (bicyclic) bond motifs is 1. The van der Waals surface area contributed by atoms with Crippen molar-refractivity contribution in [3.63, 3.8) is 0 Å². The van der Waals surface area contributed by atoms with Gasteiger partial charge < -0.3 is 24.8 Å². The minimum Gasteiger partial charge on any atom is -1.00 e. The fraction of sp³-hybridized carbons (Fsp3) is 0.0769. The van der Waals surface area contributed by atoms with Crippen LogP contribution in [0.15, 0.2) is 144 Å². The molecule has 5 aromatic rings. The molecule has 1 atom stereocenters. The van der Waals surface area contributed by atoms with Crippen molar-refractivity contribution < 1.29 is 49.5 Å². The van der Waals surface area contributed by atoms with Crippen LogP contribution in [0.4, 0.5) is 0 Å². The van der Waals surface area contributed by atoms with Crippen molar-refractivity contribution in [1.29, 1.82) is 0 Å². The molecule has 0 saturated heterocycles. The summed E-state index contributed by atoms with van der Waals surface area (Å²) in [6.07, 6.45) is 3.49. The van der Waals surface area contributed by atoms with Crippen LogP contribution in [-0.4, -0.2) is 20.5 Å². The van der Waals surface area contributed by atoms with Crippen LogP contribution in [-0.2, 0) is 24.7 Å². The van der Waals surface area contributed by atoms with Gasteiger partial charge in [0.15, 0.2) is 0 Å². The van der Waals surface area contributed by atoms with E-state index in [9.17, 15) is 0 Å². The summed E-state index contributed by atoms with van der Waals surface area (Å²) < 4.78 is 0.419. The van der Waals surface area contributed by atoms with E-state index >= 15 is 0 Å². The molecule has 0 saturated carbocycles. The molecular weight excluding hydrogens is 687 g/mol. The summed E-state index contributed by atoms with van der Waals surface area (Å²) >= 11 is 1.57. The molecule has 0 bridgehead atoms. The Morgan fingerprint density at radius 2 is 1.00 bits per heavy atom. The molecule has 0 aromatic heterocycles. The summed E-state index contributed by atoms with van der Waals surface area (Å²) in [6, 6.07) is 44.6. The molecule has 5 heteroatoms. The minimum absolute atomic E-state index is 0. The van der Waals surface area contributed by atoms with Crippen LogP contribution < -0.4 is 30.0 Å². The molecule has 0 heterocycles. The first-order valence-corrected chi connectivity index (χ1v) is 18.2. The number of benzene rings is 5. The molecule has 0 nitrogen and oxygen atoms in total. The number of halogens is 2. The molecule has 0 aliphatic heterocycles. The van der Waals surface area contributed by atoms with Gasteiger partial charge in [-0.25, -0.2) is 0 Å². The van der Waals surface area contributed by atoms with Crippen molar-refractivity contribution >= 4 is 36.4 Å². The van der Waals surface area contributed by atoms with Gasteiger partial charge >= 0.3 is 272 Å². The van der Waals surface area contributed by atoms with Gasteiger partial charge in [0.2, 0.25) is 0 Å². The quantitative estimate of drug-likeness (QED) is 0.240. The predicted molar refractivity (Wildman–Crippen MR) is 184 cm³/mol. The van der Waals surface area contributed by atoms with Crippen molar-refractivity contribution in [2.24, 2.45) is 0 Å². The van der Waals surface area contributed by atoms with Crippen LogP contribution in [0.25, 0.3) is 44.2 Å². The summed E-state index contributed by atoms with van der Waals surface area (Å²) in [6.45, 7) is 2.30. The Balaban J connectivity index is 0.00000192. The van der Waals surface area contributed by atoms with Gasteiger partial charge in [0, 0.05) is 0 Å². The Morgan fingerprint density at radius 3 is 1.50 bits per heavy atom. The Labute approximate surface area is 294 Å². The maximum Gasteiger partial charge on any atom is -1.00 e. The third-order valence-electron chi connectivity index (χ3n) is 9.03. The van der Waals surface area contributed by atoms with E-state index in [0.29, 0.717) is 3.63 Å². The number of hydrogen-bond donors (Lipinski definition) is 0. The van der Waals surface area contributed by atoms with E-state index in [0.717, 1.165) is 26.9 Å². The molecule has 0 radical (unpaired) electrons. The first-order chi connectivity index (χ1) is 20.6. The van der Waals surface area contributed by atoms with E-state index < -0.39 is 0 Å². The normalized spacial score (nSPS) is 15.6. The summed E-state index contributed by atoms with van der Waals surface area (Å²) in [5.41, 5.74) is 18.8. The average molecular weight is 720 g/mol. The van der Waals surface area contributed by atoms with Crippen LogP contribution in [0.2, 0.25) is 0 Å². The van der Waals surface area contributed by atoms with E-state index in [4.69, 9.17) is 0 Å². The summed E-state index contributed by atoms with van der Waals surface area (Å²) in [4.78, 5) is 0. The zero-order valence-corrected chi connectivity index (χ0v) is 33.1. The van der Waals surface area contributed by atoms with Crippen LogP contribution >= 0.6 is 0 Å². The van der Waals surface area contributed by atoms with E-state index in [1.165, 1.54) is 50.1 Å².